The second-order valence-corrected chi connectivity index (χ2v) is 7.09. The van der Waals surface area contributed by atoms with Gasteiger partial charge in [-0.3, -0.25) is 9.59 Å². The zero-order chi connectivity index (χ0) is 20.0. The second-order valence-electron chi connectivity index (χ2n) is 6.24. The molecule has 1 atom stereocenters. The molecule has 9 heteroatoms. The maximum Gasteiger partial charge on any atom is 0.286 e. The Morgan fingerprint density at radius 1 is 1.37 bits per heavy atom. The molecule has 2 rings (SSSR count). The standard InChI is InChI=1S/C18H23BrN4O4/c1-11-8-14(19)16(27-7-3-4-13(5-6-24)12(2)25)9-15(11)23-18(17(20)26)21-10-22-23/h8-10,13,24H,3-7H2,1-2H3,(H2,20,26). The summed E-state index contributed by atoms with van der Waals surface area (Å²) in [4.78, 5) is 26.9. The summed E-state index contributed by atoms with van der Waals surface area (Å²) < 4.78 is 7.99. The Balaban J connectivity index is 2.11. The van der Waals surface area contributed by atoms with Gasteiger partial charge in [0.15, 0.2) is 0 Å². The van der Waals surface area contributed by atoms with Crippen LogP contribution in [-0.2, 0) is 4.79 Å². The summed E-state index contributed by atoms with van der Waals surface area (Å²) >= 11 is 3.47. The van der Waals surface area contributed by atoms with Crippen molar-refractivity contribution in [3.8, 4) is 11.4 Å². The lowest BCUT2D eigenvalue weighted by atomic mass is 9.96. The Kier molecular flexibility index (Phi) is 7.49. The van der Waals surface area contributed by atoms with Gasteiger partial charge < -0.3 is 15.6 Å². The fourth-order valence-electron chi connectivity index (χ4n) is 2.79. The molecule has 0 aliphatic carbocycles. The number of aryl methyl sites for hydroxylation is 1. The molecule has 1 unspecified atom stereocenters. The van der Waals surface area contributed by atoms with E-state index in [1.165, 1.54) is 11.0 Å². The summed E-state index contributed by atoms with van der Waals surface area (Å²) in [6.07, 6.45) is 3.07. The van der Waals surface area contributed by atoms with Crippen molar-refractivity contribution in [2.24, 2.45) is 11.7 Å². The van der Waals surface area contributed by atoms with E-state index < -0.39 is 5.91 Å². The van der Waals surface area contributed by atoms with Gasteiger partial charge in [-0.15, -0.1) is 0 Å². The Morgan fingerprint density at radius 3 is 2.74 bits per heavy atom. The molecular weight excluding hydrogens is 416 g/mol. The Labute approximate surface area is 165 Å². The van der Waals surface area contributed by atoms with Gasteiger partial charge in [-0.25, -0.2) is 9.67 Å². The summed E-state index contributed by atoms with van der Waals surface area (Å²) in [6, 6.07) is 3.62. The lowest BCUT2D eigenvalue weighted by Gasteiger charge is -2.15. The third kappa shape index (κ3) is 5.36. The quantitative estimate of drug-likeness (QED) is 0.548. The third-order valence-electron chi connectivity index (χ3n) is 4.25. The molecule has 8 nitrogen and oxygen atoms in total. The number of benzene rings is 1. The lowest BCUT2D eigenvalue weighted by molar-refractivity contribution is -0.121. The van der Waals surface area contributed by atoms with Crippen molar-refractivity contribution in [2.45, 2.75) is 33.1 Å². The van der Waals surface area contributed by atoms with Gasteiger partial charge in [0.25, 0.3) is 5.91 Å². The highest BCUT2D eigenvalue weighted by Gasteiger charge is 2.17. The zero-order valence-corrected chi connectivity index (χ0v) is 16.9. The van der Waals surface area contributed by atoms with Crippen LogP contribution in [0.4, 0.5) is 0 Å². The number of carbonyl (C=O) groups is 2. The first-order valence-electron chi connectivity index (χ1n) is 8.59. The normalized spacial score (nSPS) is 12.0. The number of Topliss-reactive ketones (excluding diaryl/α,β-unsaturated/α-hetero) is 1. The van der Waals surface area contributed by atoms with Gasteiger partial charge in [0.1, 0.15) is 17.9 Å². The average molecular weight is 439 g/mol. The van der Waals surface area contributed by atoms with Crippen LogP contribution < -0.4 is 10.5 Å². The number of aliphatic hydroxyl groups is 1. The van der Waals surface area contributed by atoms with Gasteiger partial charge in [-0.05, 0) is 60.7 Å². The van der Waals surface area contributed by atoms with E-state index in [0.717, 1.165) is 10.0 Å². The first kappa shape index (κ1) is 21.0. The maximum absolute atomic E-state index is 11.5. The van der Waals surface area contributed by atoms with Crippen LogP contribution in [0.5, 0.6) is 5.75 Å². The topological polar surface area (TPSA) is 120 Å². The Hall–Kier alpha value is -2.26. The lowest BCUT2D eigenvalue weighted by Crippen LogP contribution is -2.18. The molecule has 0 radical (unpaired) electrons. The highest BCUT2D eigenvalue weighted by atomic mass is 79.9. The first-order valence-corrected chi connectivity index (χ1v) is 9.39. The highest BCUT2D eigenvalue weighted by Crippen LogP contribution is 2.31. The van der Waals surface area contributed by atoms with Crippen LogP contribution in [0.15, 0.2) is 22.9 Å². The number of amides is 1. The van der Waals surface area contributed by atoms with Gasteiger partial charge >= 0.3 is 0 Å². The molecule has 0 saturated carbocycles. The number of aliphatic hydroxyl groups excluding tert-OH is 1. The molecule has 1 aromatic heterocycles. The summed E-state index contributed by atoms with van der Waals surface area (Å²) in [7, 11) is 0. The minimum atomic E-state index is -0.670. The van der Waals surface area contributed by atoms with Crippen molar-refractivity contribution in [1.82, 2.24) is 14.8 Å². The van der Waals surface area contributed by atoms with Crippen LogP contribution in [0, 0.1) is 12.8 Å². The predicted molar refractivity (Wildman–Crippen MR) is 103 cm³/mol. The molecule has 0 spiro atoms. The number of ether oxygens (including phenoxy) is 1. The molecule has 0 aliphatic heterocycles. The molecular formula is C18H23BrN4O4. The minimum Gasteiger partial charge on any atom is -0.492 e. The zero-order valence-electron chi connectivity index (χ0n) is 15.3. The minimum absolute atomic E-state index is 0.00191. The van der Waals surface area contributed by atoms with E-state index in [1.54, 1.807) is 13.0 Å². The monoisotopic (exact) mass is 438 g/mol. The van der Waals surface area contributed by atoms with Crippen LogP contribution in [0.1, 0.15) is 42.4 Å². The number of aromatic nitrogens is 3. The van der Waals surface area contributed by atoms with E-state index in [9.17, 15) is 9.59 Å². The Bertz CT molecular complexity index is 822. The van der Waals surface area contributed by atoms with Gasteiger partial charge in [0.05, 0.1) is 16.8 Å². The molecule has 0 fully saturated rings. The van der Waals surface area contributed by atoms with Crippen LogP contribution in [0.2, 0.25) is 0 Å². The summed E-state index contributed by atoms with van der Waals surface area (Å²) in [5.41, 5.74) is 6.84. The molecule has 2 aromatic rings. The van der Waals surface area contributed by atoms with Gasteiger partial charge in [-0.1, -0.05) is 0 Å². The van der Waals surface area contributed by atoms with Crippen molar-refractivity contribution in [2.75, 3.05) is 13.2 Å². The second kappa shape index (κ2) is 9.61. The number of carbonyl (C=O) groups excluding carboxylic acids is 2. The van der Waals surface area contributed by atoms with Crippen molar-refractivity contribution < 1.29 is 19.4 Å². The molecule has 146 valence electrons. The van der Waals surface area contributed by atoms with E-state index in [4.69, 9.17) is 15.6 Å². The van der Waals surface area contributed by atoms with Crippen LogP contribution in [0.3, 0.4) is 0 Å². The number of nitrogens with zero attached hydrogens (tertiary/aromatic N) is 3. The number of rotatable bonds is 10. The van der Waals surface area contributed by atoms with E-state index >= 15 is 0 Å². The number of ketones is 1. The average Bonchev–Trinajstić information content (AvgIpc) is 3.08. The van der Waals surface area contributed by atoms with Gasteiger partial charge in [-0.2, -0.15) is 5.10 Å². The van der Waals surface area contributed by atoms with Gasteiger partial charge in [0.2, 0.25) is 5.82 Å². The van der Waals surface area contributed by atoms with Crippen molar-refractivity contribution in [3.05, 3.63) is 34.3 Å². The molecule has 0 saturated heterocycles. The number of hydrogen-bond donors (Lipinski definition) is 2. The molecule has 27 heavy (non-hydrogen) atoms. The number of nitrogens with two attached hydrogens (primary N) is 1. The molecule has 1 aromatic carbocycles. The highest BCUT2D eigenvalue weighted by molar-refractivity contribution is 9.10. The molecule has 1 amide bonds. The SMILES string of the molecule is CC(=O)C(CCO)CCCOc1cc(-n2ncnc2C(N)=O)c(C)cc1Br. The number of halogens is 1. The van der Waals surface area contributed by atoms with E-state index in [-0.39, 0.29) is 24.1 Å². The van der Waals surface area contributed by atoms with Crippen LogP contribution in [-0.4, -0.2) is 44.8 Å². The van der Waals surface area contributed by atoms with Gasteiger partial charge in [0, 0.05) is 18.6 Å². The molecule has 3 N–H and O–H groups in total. The largest absolute Gasteiger partial charge is 0.492 e. The van der Waals surface area contributed by atoms with E-state index in [1.807, 2.05) is 13.0 Å². The van der Waals surface area contributed by atoms with E-state index in [2.05, 4.69) is 26.0 Å². The maximum atomic E-state index is 11.5. The molecule has 0 aliphatic rings. The first-order chi connectivity index (χ1) is 12.8. The fourth-order valence-corrected chi connectivity index (χ4v) is 3.36. The fraction of sp³-hybridized carbons (Fsp3) is 0.444. The Morgan fingerprint density at radius 2 is 2.11 bits per heavy atom. The summed E-state index contributed by atoms with van der Waals surface area (Å²) in [5, 5.41) is 13.1. The van der Waals surface area contributed by atoms with Crippen molar-refractivity contribution >= 4 is 27.6 Å². The van der Waals surface area contributed by atoms with Crippen LogP contribution in [0.25, 0.3) is 5.69 Å². The molecule has 0 bridgehead atoms. The van der Waals surface area contributed by atoms with Crippen molar-refractivity contribution in [3.63, 3.8) is 0 Å². The van der Waals surface area contributed by atoms with Crippen molar-refractivity contribution in [1.29, 1.82) is 0 Å². The summed E-state index contributed by atoms with van der Waals surface area (Å²) in [5.74, 6) is -0.115. The summed E-state index contributed by atoms with van der Waals surface area (Å²) in [6.45, 7) is 3.83. The van der Waals surface area contributed by atoms with E-state index in [0.29, 0.717) is 37.3 Å². The molecule has 1 heterocycles. The predicted octanol–water partition coefficient (Wildman–Crippen LogP) is 2.18. The third-order valence-corrected chi connectivity index (χ3v) is 4.87. The smallest absolute Gasteiger partial charge is 0.286 e. The number of primary amides is 1. The number of hydrogen-bond acceptors (Lipinski definition) is 6. The van der Waals surface area contributed by atoms with Crippen LogP contribution >= 0.6 is 15.9 Å².